The van der Waals surface area contributed by atoms with Crippen molar-refractivity contribution in [3.63, 3.8) is 0 Å². The molecular formula is C24H31N7O9. The number of carbonyl (C=O) groups excluding carboxylic acids is 5. The molecule has 0 aliphatic rings. The summed E-state index contributed by atoms with van der Waals surface area (Å²) in [5.74, 6) is -8.05. The van der Waals surface area contributed by atoms with Crippen LogP contribution in [0.3, 0.4) is 0 Å². The topological polar surface area (TPSA) is 290 Å². The summed E-state index contributed by atoms with van der Waals surface area (Å²) < 4.78 is 0. The second-order valence-electron chi connectivity index (χ2n) is 8.97. The monoisotopic (exact) mass is 561 g/mol. The minimum Gasteiger partial charge on any atom is -0.481 e. The normalized spacial score (nSPS) is 13.8. The van der Waals surface area contributed by atoms with Crippen LogP contribution in [-0.2, 0) is 40.0 Å². The molecule has 1 aromatic heterocycles. The maximum Gasteiger partial charge on any atom is 0.326 e. The summed E-state index contributed by atoms with van der Waals surface area (Å²) in [5.41, 5.74) is 18.0. The van der Waals surface area contributed by atoms with Gasteiger partial charge < -0.3 is 48.3 Å². The molecule has 40 heavy (non-hydrogen) atoms. The number of rotatable bonds is 16. The van der Waals surface area contributed by atoms with Crippen molar-refractivity contribution in [1.82, 2.24) is 20.9 Å². The maximum atomic E-state index is 13.0. The number of carboxylic acids is 2. The lowest BCUT2D eigenvalue weighted by molar-refractivity contribution is -0.147. The first-order valence-corrected chi connectivity index (χ1v) is 12.0. The number of aromatic nitrogens is 1. The minimum atomic E-state index is -1.87. The summed E-state index contributed by atoms with van der Waals surface area (Å²) >= 11 is 0. The second-order valence-corrected chi connectivity index (χ2v) is 8.97. The van der Waals surface area contributed by atoms with Gasteiger partial charge in [0.15, 0.2) is 0 Å². The molecule has 1 aromatic carbocycles. The van der Waals surface area contributed by atoms with Crippen LogP contribution in [0.5, 0.6) is 0 Å². The highest BCUT2D eigenvalue weighted by Crippen LogP contribution is 2.18. The zero-order valence-corrected chi connectivity index (χ0v) is 21.2. The van der Waals surface area contributed by atoms with Crippen LogP contribution in [-0.4, -0.2) is 80.8 Å². The lowest BCUT2D eigenvalue weighted by atomic mass is 10.0. The Morgan fingerprint density at radius 1 is 0.800 bits per heavy atom. The Kier molecular flexibility index (Phi) is 11.1. The molecule has 0 spiro atoms. The summed E-state index contributed by atoms with van der Waals surface area (Å²) in [4.78, 5) is 86.7. The van der Waals surface area contributed by atoms with Crippen LogP contribution in [0.2, 0.25) is 0 Å². The molecule has 0 radical (unpaired) electrons. The van der Waals surface area contributed by atoms with E-state index in [1.807, 2.05) is 29.6 Å². The molecule has 16 nitrogen and oxygen atoms in total. The third-order valence-corrected chi connectivity index (χ3v) is 5.80. The lowest BCUT2D eigenvalue weighted by Gasteiger charge is -2.24. The first-order chi connectivity index (χ1) is 18.8. The van der Waals surface area contributed by atoms with Gasteiger partial charge in [0.05, 0.1) is 18.9 Å². The van der Waals surface area contributed by atoms with Crippen molar-refractivity contribution in [1.29, 1.82) is 0 Å². The largest absolute Gasteiger partial charge is 0.481 e. The van der Waals surface area contributed by atoms with Gasteiger partial charge in [-0.25, -0.2) is 4.79 Å². The van der Waals surface area contributed by atoms with Crippen molar-refractivity contribution < 1.29 is 43.8 Å². The third kappa shape index (κ3) is 9.39. The molecule has 0 fully saturated rings. The van der Waals surface area contributed by atoms with Crippen molar-refractivity contribution in [2.24, 2.45) is 17.2 Å². The summed E-state index contributed by atoms with van der Waals surface area (Å²) in [7, 11) is 0. The Bertz CT molecular complexity index is 1290. The Morgan fingerprint density at radius 3 is 2.00 bits per heavy atom. The van der Waals surface area contributed by atoms with Gasteiger partial charge in [-0.2, -0.15) is 0 Å². The van der Waals surface area contributed by atoms with Crippen LogP contribution in [0.1, 0.15) is 31.2 Å². The number of hydrogen-bond donors (Lipinski definition) is 9. The van der Waals surface area contributed by atoms with E-state index in [0.717, 1.165) is 16.5 Å². The molecule has 4 unspecified atom stereocenters. The fourth-order valence-corrected chi connectivity index (χ4v) is 3.79. The molecule has 2 aromatic rings. The Hall–Kier alpha value is -4.99. The van der Waals surface area contributed by atoms with Crippen molar-refractivity contribution in [2.75, 3.05) is 0 Å². The van der Waals surface area contributed by atoms with Crippen LogP contribution < -0.4 is 33.2 Å². The van der Waals surface area contributed by atoms with E-state index in [2.05, 4.69) is 15.6 Å². The number of aliphatic carboxylic acids is 2. The second kappa shape index (κ2) is 14.2. The zero-order valence-electron chi connectivity index (χ0n) is 21.2. The van der Waals surface area contributed by atoms with Crippen molar-refractivity contribution in [3.05, 3.63) is 36.0 Å². The first-order valence-electron chi connectivity index (χ1n) is 12.0. The predicted molar refractivity (Wildman–Crippen MR) is 138 cm³/mol. The average Bonchev–Trinajstić information content (AvgIpc) is 3.27. The molecule has 2 rings (SSSR count). The van der Waals surface area contributed by atoms with Gasteiger partial charge in [0.1, 0.15) is 18.1 Å². The smallest absolute Gasteiger partial charge is 0.326 e. The van der Waals surface area contributed by atoms with E-state index in [-0.39, 0.29) is 19.3 Å². The number of benzene rings is 1. The minimum absolute atomic E-state index is 0.0901. The number of H-pyrrole nitrogens is 1. The number of carboxylic acid groups (broad SMARTS) is 2. The summed E-state index contributed by atoms with van der Waals surface area (Å²) in [6.45, 7) is 0. The molecule has 4 atom stereocenters. The van der Waals surface area contributed by atoms with Crippen LogP contribution in [0.15, 0.2) is 30.5 Å². The van der Waals surface area contributed by atoms with E-state index in [0.29, 0.717) is 0 Å². The average molecular weight is 562 g/mol. The molecule has 0 aliphatic heterocycles. The molecule has 1 heterocycles. The molecule has 0 saturated carbocycles. The molecule has 216 valence electrons. The van der Waals surface area contributed by atoms with E-state index in [1.165, 1.54) is 0 Å². The first kappa shape index (κ1) is 31.2. The number of aromatic amines is 1. The Labute approximate surface area is 227 Å². The van der Waals surface area contributed by atoms with Gasteiger partial charge in [0.25, 0.3) is 0 Å². The van der Waals surface area contributed by atoms with Crippen molar-refractivity contribution in [2.45, 2.75) is 56.3 Å². The number of para-hydroxylation sites is 1. The highest BCUT2D eigenvalue weighted by Gasteiger charge is 2.32. The molecule has 5 amide bonds. The molecule has 0 bridgehead atoms. The Morgan fingerprint density at radius 2 is 1.40 bits per heavy atom. The quantitative estimate of drug-likeness (QED) is 0.101. The fourth-order valence-electron chi connectivity index (χ4n) is 3.79. The molecule has 0 saturated heterocycles. The zero-order chi connectivity index (χ0) is 30.0. The summed E-state index contributed by atoms with van der Waals surface area (Å²) in [6, 6.07) is 1.16. The molecule has 16 heteroatoms. The number of fused-ring (bicyclic) bond motifs is 1. The van der Waals surface area contributed by atoms with Gasteiger partial charge >= 0.3 is 11.9 Å². The Balaban J connectivity index is 2.17. The SMILES string of the molecule is NC(=O)CCC(NC(=O)C(N)Cc1c[nH]c2ccccc12)C(=O)NC(CC(N)=O)C(=O)NC(CC(=O)O)C(=O)O. The van der Waals surface area contributed by atoms with E-state index in [9.17, 15) is 33.6 Å². The van der Waals surface area contributed by atoms with Crippen LogP contribution in [0, 0.1) is 0 Å². The lowest BCUT2D eigenvalue weighted by Crippen LogP contribution is -2.58. The molecular weight excluding hydrogens is 530 g/mol. The summed E-state index contributed by atoms with van der Waals surface area (Å²) in [5, 5.41) is 25.4. The van der Waals surface area contributed by atoms with Crippen molar-refractivity contribution in [3.8, 4) is 0 Å². The molecule has 12 N–H and O–H groups in total. The van der Waals surface area contributed by atoms with Gasteiger partial charge in [0.2, 0.25) is 29.5 Å². The van der Waals surface area contributed by atoms with E-state index < -0.39 is 78.5 Å². The maximum absolute atomic E-state index is 13.0. The third-order valence-electron chi connectivity index (χ3n) is 5.80. The number of amides is 5. The van der Waals surface area contributed by atoms with Gasteiger partial charge in [-0.15, -0.1) is 0 Å². The molecule has 0 aliphatic carbocycles. The number of hydrogen-bond acceptors (Lipinski definition) is 8. The highest BCUT2D eigenvalue weighted by molar-refractivity contribution is 5.97. The van der Waals surface area contributed by atoms with Gasteiger partial charge in [-0.05, 0) is 24.5 Å². The van der Waals surface area contributed by atoms with E-state index >= 15 is 0 Å². The van der Waals surface area contributed by atoms with E-state index in [1.54, 1.807) is 6.20 Å². The van der Waals surface area contributed by atoms with Crippen molar-refractivity contribution >= 4 is 52.4 Å². The predicted octanol–water partition coefficient (Wildman–Crippen LogP) is -2.81. The number of carbonyl (C=O) groups is 7. The van der Waals surface area contributed by atoms with Gasteiger partial charge in [0, 0.05) is 23.5 Å². The number of primary amides is 2. The van der Waals surface area contributed by atoms with E-state index in [4.69, 9.17) is 27.4 Å². The van der Waals surface area contributed by atoms with Gasteiger partial charge in [-0.1, -0.05) is 18.2 Å². The highest BCUT2D eigenvalue weighted by atomic mass is 16.4. The fraction of sp³-hybridized carbons (Fsp3) is 0.375. The van der Waals surface area contributed by atoms with Gasteiger partial charge in [-0.3, -0.25) is 28.8 Å². The number of nitrogens with two attached hydrogens (primary N) is 3. The summed E-state index contributed by atoms with van der Waals surface area (Å²) in [6.07, 6.45) is -0.627. The van der Waals surface area contributed by atoms with Crippen LogP contribution in [0.4, 0.5) is 0 Å². The number of nitrogens with one attached hydrogen (secondary N) is 4. The van der Waals surface area contributed by atoms with Crippen LogP contribution >= 0.6 is 0 Å². The standard InChI is InChI=1S/C24H31N7O9/c25-13(7-11-10-28-14-4-2-1-3-12(11)14)21(36)29-15(5-6-18(26)32)22(37)30-16(8-19(27)33)23(38)31-17(24(39)40)9-20(34)35/h1-4,10,13,15-17,28H,5-9,25H2,(H2,26,32)(H2,27,33)(H,29,36)(H,30,37)(H,31,38)(H,34,35)(H,39,40). The van der Waals surface area contributed by atoms with Crippen LogP contribution in [0.25, 0.3) is 10.9 Å².